The summed E-state index contributed by atoms with van der Waals surface area (Å²) in [4.78, 5) is 61.8. The van der Waals surface area contributed by atoms with Crippen LogP contribution in [0.4, 0.5) is 10.5 Å². The van der Waals surface area contributed by atoms with Gasteiger partial charge in [0, 0.05) is 28.4 Å². The van der Waals surface area contributed by atoms with Crippen molar-refractivity contribution in [3.05, 3.63) is 70.8 Å². The number of amides is 3. The van der Waals surface area contributed by atoms with Crippen molar-refractivity contribution in [3.63, 3.8) is 0 Å². The molecule has 0 unspecified atom stereocenters. The highest BCUT2D eigenvalue weighted by atomic mass is 32.2. The third-order valence-corrected chi connectivity index (χ3v) is 6.31. The first-order valence-corrected chi connectivity index (χ1v) is 11.5. The van der Waals surface area contributed by atoms with Gasteiger partial charge in [-0.15, -0.1) is 0 Å². The monoisotopic (exact) mass is 507 g/mol. The number of carbonyl (C=O) groups is 5. The minimum absolute atomic E-state index is 0.0169. The zero-order chi connectivity index (χ0) is 25.8. The number of fused-ring (bicyclic) bond motifs is 1. The molecule has 1 N–H and O–H groups in total. The van der Waals surface area contributed by atoms with Gasteiger partial charge in [-0.1, -0.05) is 18.2 Å². The second-order valence-corrected chi connectivity index (χ2v) is 8.68. The molecular weight excluding hydrogens is 486 g/mol. The molecule has 36 heavy (non-hydrogen) atoms. The topological polar surface area (TPSA) is 124 Å². The van der Waals surface area contributed by atoms with Crippen LogP contribution in [0, 0.1) is 0 Å². The molecule has 4 rings (SSSR count). The van der Waals surface area contributed by atoms with Crippen LogP contribution in [-0.4, -0.2) is 59.2 Å². The first-order chi connectivity index (χ1) is 17.3. The molecule has 0 spiro atoms. The summed E-state index contributed by atoms with van der Waals surface area (Å²) in [6.07, 6.45) is 3.29. The molecule has 2 heterocycles. The van der Waals surface area contributed by atoms with Crippen LogP contribution in [-0.2, 0) is 30.4 Å². The predicted molar refractivity (Wildman–Crippen MR) is 133 cm³/mol. The largest absolute Gasteiger partial charge is 0.468 e. The molecular formula is C25H21N3O7S. The highest BCUT2D eigenvalue weighted by Gasteiger charge is 2.36. The number of ether oxygens (including phenoxy) is 2. The van der Waals surface area contributed by atoms with E-state index >= 15 is 0 Å². The molecule has 0 bridgehead atoms. The molecule has 10 nitrogen and oxygen atoms in total. The summed E-state index contributed by atoms with van der Waals surface area (Å²) in [5.41, 5.74) is 2.29. The predicted octanol–water partition coefficient (Wildman–Crippen LogP) is 3.28. The zero-order valence-electron chi connectivity index (χ0n) is 19.3. The summed E-state index contributed by atoms with van der Waals surface area (Å²) >= 11 is 0.737. The maximum atomic E-state index is 12.7. The Morgan fingerprint density at radius 3 is 2.39 bits per heavy atom. The maximum Gasteiger partial charge on any atom is 0.337 e. The van der Waals surface area contributed by atoms with Crippen LogP contribution in [0.3, 0.4) is 0 Å². The van der Waals surface area contributed by atoms with Gasteiger partial charge in [-0.05, 0) is 48.2 Å². The van der Waals surface area contributed by atoms with E-state index in [2.05, 4.69) is 14.8 Å². The van der Waals surface area contributed by atoms with E-state index in [1.165, 1.54) is 14.2 Å². The van der Waals surface area contributed by atoms with Crippen LogP contribution < -0.4 is 5.32 Å². The lowest BCUT2D eigenvalue weighted by molar-refractivity contribution is -0.143. The number of nitrogens with zero attached hydrogens (tertiary/aromatic N) is 2. The van der Waals surface area contributed by atoms with Crippen molar-refractivity contribution in [2.45, 2.75) is 6.54 Å². The number of hydrogen-bond acceptors (Lipinski definition) is 8. The average molecular weight is 508 g/mol. The van der Waals surface area contributed by atoms with E-state index in [4.69, 9.17) is 0 Å². The lowest BCUT2D eigenvalue weighted by Crippen LogP contribution is -2.34. The van der Waals surface area contributed by atoms with E-state index in [9.17, 15) is 24.0 Å². The number of carbonyl (C=O) groups excluding carboxylic acids is 5. The summed E-state index contributed by atoms with van der Waals surface area (Å²) in [6, 6.07) is 13.7. The first kappa shape index (κ1) is 24.7. The Hall–Kier alpha value is -4.38. The number of thioether (sulfide) groups is 1. The van der Waals surface area contributed by atoms with Crippen molar-refractivity contribution in [3.8, 4) is 0 Å². The van der Waals surface area contributed by atoms with Gasteiger partial charge < -0.3 is 19.4 Å². The Bertz CT molecular complexity index is 1410. The molecule has 1 aliphatic heterocycles. The van der Waals surface area contributed by atoms with E-state index in [0.717, 1.165) is 27.6 Å². The Kier molecular flexibility index (Phi) is 7.20. The molecule has 3 amide bonds. The summed E-state index contributed by atoms with van der Waals surface area (Å²) < 4.78 is 11.0. The fraction of sp³-hybridized carbons (Fsp3) is 0.160. The van der Waals surface area contributed by atoms with Gasteiger partial charge >= 0.3 is 11.9 Å². The molecule has 1 aliphatic rings. The van der Waals surface area contributed by atoms with Gasteiger partial charge in [-0.3, -0.25) is 24.1 Å². The number of aromatic nitrogens is 1. The second-order valence-electron chi connectivity index (χ2n) is 7.69. The smallest absolute Gasteiger partial charge is 0.337 e. The fourth-order valence-corrected chi connectivity index (χ4v) is 4.48. The summed E-state index contributed by atoms with van der Waals surface area (Å²) in [5, 5.41) is 3.01. The Labute approximate surface area is 209 Å². The number of benzene rings is 2. The molecule has 1 aromatic heterocycles. The van der Waals surface area contributed by atoms with Crippen molar-refractivity contribution >= 4 is 63.4 Å². The number of nitrogens with one attached hydrogen (secondary N) is 1. The van der Waals surface area contributed by atoms with Crippen molar-refractivity contribution in [1.82, 2.24) is 9.47 Å². The Morgan fingerprint density at radius 2 is 1.69 bits per heavy atom. The molecule has 2 aromatic carbocycles. The molecule has 184 valence electrons. The van der Waals surface area contributed by atoms with Gasteiger partial charge in [0.15, 0.2) is 0 Å². The van der Waals surface area contributed by atoms with E-state index < -0.39 is 29.6 Å². The molecule has 11 heteroatoms. The minimum Gasteiger partial charge on any atom is -0.468 e. The van der Waals surface area contributed by atoms with Crippen LogP contribution in [0.1, 0.15) is 15.9 Å². The molecule has 0 radical (unpaired) electrons. The maximum absolute atomic E-state index is 12.7. The third-order valence-electron chi connectivity index (χ3n) is 5.40. The lowest BCUT2D eigenvalue weighted by Gasteiger charge is -2.09. The normalized spacial score (nSPS) is 14.4. The summed E-state index contributed by atoms with van der Waals surface area (Å²) in [6.45, 7) is -0.474. The van der Waals surface area contributed by atoms with Crippen molar-refractivity contribution in [2.24, 2.45) is 0 Å². The number of imide groups is 1. The average Bonchev–Trinajstić information content (AvgIpc) is 3.35. The molecule has 3 aromatic rings. The Balaban J connectivity index is 1.55. The third kappa shape index (κ3) is 5.15. The number of para-hydroxylation sites is 1. The minimum atomic E-state index is -0.693. The zero-order valence-corrected chi connectivity index (χ0v) is 20.2. The molecule has 0 atom stereocenters. The van der Waals surface area contributed by atoms with Gasteiger partial charge in [-0.2, -0.15) is 0 Å². The van der Waals surface area contributed by atoms with Crippen molar-refractivity contribution in [2.75, 3.05) is 26.1 Å². The van der Waals surface area contributed by atoms with Gasteiger partial charge in [-0.25, -0.2) is 4.79 Å². The van der Waals surface area contributed by atoms with Crippen LogP contribution in [0.5, 0.6) is 0 Å². The quantitative estimate of drug-likeness (QED) is 0.382. The summed E-state index contributed by atoms with van der Waals surface area (Å²) in [5.74, 6) is -2.05. The van der Waals surface area contributed by atoms with Crippen LogP contribution in [0.15, 0.2) is 59.6 Å². The van der Waals surface area contributed by atoms with Crippen molar-refractivity contribution < 1.29 is 33.4 Å². The van der Waals surface area contributed by atoms with E-state index in [0.29, 0.717) is 16.8 Å². The Morgan fingerprint density at radius 1 is 0.972 bits per heavy atom. The summed E-state index contributed by atoms with van der Waals surface area (Å²) in [7, 11) is 2.47. The van der Waals surface area contributed by atoms with Gasteiger partial charge in [0.05, 0.1) is 24.7 Å². The number of anilines is 1. The molecule has 1 saturated heterocycles. The van der Waals surface area contributed by atoms with Crippen LogP contribution >= 0.6 is 11.8 Å². The fourth-order valence-electron chi connectivity index (χ4n) is 3.65. The number of hydrogen-bond donors (Lipinski definition) is 1. The van der Waals surface area contributed by atoms with Gasteiger partial charge in [0.1, 0.15) is 13.1 Å². The number of methoxy groups -OCH3 is 2. The highest BCUT2D eigenvalue weighted by molar-refractivity contribution is 8.18. The molecule has 0 saturated carbocycles. The number of esters is 2. The SMILES string of the molecule is COC(=O)CN1C(=O)S/C(=C\c2cn(CC(=O)Nc3ccc(C(=O)OC)cc3)c3ccccc23)C1=O. The number of rotatable bonds is 7. The van der Waals surface area contributed by atoms with E-state index in [1.54, 1.807) is 41.1 Å². The lowest BCUT2D eigenvalue weighted by atomic mass is 10.1. The molecule has 1 fully saturated rings. The van der Waals surface area contributed by atoms with Crippen LogP contribution in [0.25, 0.3) is 17.0 Å². The van der Waals surface area contributed by atoms with Gasteiger partial charge in [0.2, 0.25) is 5.91 Å². The standard InChI is InChI=1S/C25H21N3O7S/c1-34-22(30)14-28-23(31)20(36-25(28)33)11-16-12-27(19-6-4-3-5-18(16)19)13-21(29)26-17-9-7-15(8-10-17)24(32)35-2/h3-12H,13-14H2,1-2H3,(H,26,29)/b20-11-. The second kappa shape index (κ2) is 10.5. The molecule has 0 aliphatic carbocycles. The van der Waals surface area contributed by atoms with Gasteiger partial charge in [0.25, 0.3) is 11.1 Å². The van der Waals surface area contributed by atoms with Crippen LogP contribution in [0.2, 0.25) is 0 Å². The van der Waals surface area contributed by atoms with E-state index in [-0.39, 0.29) is 17.4 Å². The van der Waals surface area contributed by atoms with Crippen molar-refractivity contribution in [1.29, 1.82) is 0 Å². The highest BCUT2D eigenvalue weighted by Crippen LogP contribution is 2.34. The van der Waals surface area contributed by atoms with E-state index in [1.807, 2.05) is 24.3 Å². The first-order valence-electron chi connectivity index (χ1n) is 10.7.